The molecule has 1 atom stereocenters. The highest BCUT2D eigenvalue weighted by Gasteiger charge is 2.42. The Kier molecular flexibility index (Phi) is 5.31. The number of nitro groups is 1. The number of carbonyl (C=O) groups is 1. The molecule has 1 unspecified atom stereocenters. The van der Waals surface area contributed by atoms with E-state index in [0.29, 0.717) is 45.8 Å². The average Bonchev–Trinajstić information content (AvgIpc) is 3.22. The summed E-state index contributed by atoms with van der Waals surface area (Å²) in [7, 11) is 0. The van der Waals surface area contributed by atoms with E-state index in [0.717, 1.165) is 5.56 Å². The highest BCUT2D eigenvalue weighted by molar-refractivity contribution is 5.64. The van der Waals surface area contributed by atoms with Gasteiger partial charge in [-0.1, -0.05) is 30.3 Å². The van der Waals surface area contributed by atoms with Gasteiger partial charge in [-0.25, -0.2) is 14.8 Å². The fraction of sp³-hybridized carbons (Fsp3) is 0.474. The van der Waals surface area contributed by atoms with Crippen LogP contribution in [0.1, 0.15) is 12.5 Å². The Morgan fingerprint density at radius 3 is 2.60 bits per heavy atom. The van der Waals surface area contributed by atoms with Gasteiger partial charge < -0.3 is 20.0 Å². The third-order valence-electron chi connectivity index (χ3n) is 5.40. The van der Waals surface area contributed by atoms with Gasteiger partial charge in [-0.3, -0.25) is 9.47 Å². The zero-order valence-electron chi connectivity index (χ0n) is 16.7. The Balaban J connectivity index is 1.32. The molecule has 0 aliphatic carbocycles. The van der Waals surface area contributed by atoms with Gasteiger partial charge in [0.1, 0.15) is 11.8 Å². The number of carboxylic acid groups (broad SMARTS) is 1. The summed E-state index contributed by atoms with van der Waals surface area (Å²) in [6, 6.07) is 9.80. The third-order valence-corrected chi connectivity index (χ3v) is 5.40. The standard InChI is InChI=1S/C19H24N6O5/c1-19(14-22-12-16(25(28)29)20-17(22)30-19)13-21-7-9-23(10-8-21)24(18(26)27)11-15-5-3-2-4-6-15/h2-6,12H,7-11,13-14H2,1H3,(H,26,27). The second-order valence-electron chi connectivity index (χ2n) is 7.87. The molecule has 160 valence electrons. The lowest BCUT2D eigenvalue weighted by Gasteiger charge is -2.41. The van der Waals surface area contributed by atoms with E-state index in [9.17, 15) is 20.0 Å². The SMILES string of the molecule is CC1(CN2CCN(N(Cc3ccccc3)C(=O)O)CC2)Cn2cc([N+](=O)[O-])nc2O1. The number of benzene rings is 1. The lowest BCUT2D eigenvalue weighted by atomic mass is 10.1. The fourth-order valence-corrected chi connectivity index (χ4v) is 4.02. The van der Waals surface area contributed by atoms with Crippen molar-refractivity contribution < 1.29 is 19.6 Å². The second kappa shape index (κ2) is 7.92. The third kappa shape index (κ3) is 4.21. The van der Waals surface area contributed by atoms with Crippen molar-refractivity contribution in [3.63, 3.8) is 0 Å². The van der Waals surface area contributed by atoms with Crippen molar-refractivity contribution in [2.45, 2.75) is 25.6 Å². The first kappa shape index (κ1) is 20.1. The number of rotatable bonds is 6. The van der Waals surface area contributed by atoms with E-state index in [4.69, 9.17) is 4.74 Å². The Bertz CT molecular complexity index is 901. The summed E-state index contributed by atoms with van der Waals surface area (Å²) in [6.07, 6.45) is 0.428. The molecule has 4 rings (SSSR count). The van der Waals surface area contributed by atoms with Gasteiger partial charge in [0.05, 0.1) is 13.1 Å². The summed E-state index contributed by atoms with van der Waals surface area (Å²) >= 11 is 0. The van der Waals surface area contributed by atoms with E-state index in [2.05, 4.69) is 9.88 Å². The van der Waals surface area contributed by atoms with Crippen molar-refractivity contribution in [1.29, 1.82) is 0 Å². The van der Waals surface area contributed by atoms with Crippen LogP contribution in [-0.2, 0) is 13.1 Å². The Labute approximate surface area is 173 Å². The minimum absolute atomic E-state index is 0.215. The zero-order chi connectivity index (χ0) is 21.3. The molecular formula is C19H24N6O5. The Hall–Kier alpha value is -3.18. The molecule has 1 fully saturated rings. The molecule has 0 spiro atoms. The maximum atomic E-state index is 11.8. The maximum absolute atomic E-state index is 11.8. The molecule has 2 aromatic rings. The molecule has 1 aromatic carbocycles. The summed E-state index contributed by atoms with van der Waals surface area (Å²) in [5.74, 6) is -0.215. The van der Waals surface area contributed by atoms with Crippen LogP contribution >= 0.6 is 0 Å². The van der Waals surface area contributed by atoms with Gasteiger partial charge in [0, 0.05) is 37.7 Å². The van der Waals surface area contributed by atoms with Gasteiger partial charge in [-0.05, 0) is 17.4 Å². The van der Waals surface area contributed by atoms with Crippen molar-refractivity contribution in [1.82, 2.24) is 24.5 Å². The molecule has 1 saturated heterocycles. The number of imidazole rings is 1. The molecule has 11 nitrogen and oxygen atoms in total. The average molecular weight is 416 g/mol. The van der Waals surface area contributed by atoms with E-state index >= 15 is 0 Å². The first-order valence-corrected chi connectivity index (χ1v) is 9.75. The van der Waals surface area contributed by atoms with Crippen molar-refractivity contribution in [2.24, 2.45) is 0 Å². The molecule has 2 aliphatic rings. The summed E-state index contributed by atoms with van der Waals surface area (Å²) in [5.41, 5.74) is 0.411. The first-order chi connectivity index (χ1) is 14.3. The van der Waals surface area contributed by atoms with E-state index in [-0.39, 0.29) is 11.8 Å². The molecule has 0 radical (unpaired) electrons. The van der Waals surface area contributed by atoms with Gasteiger partial charge in [0.15, 0.2) is 0 Å². The first-order valence-electron chi connectivity index (χ1n) is 9.75. The smallest absolute Gasteiger partial charge is 0.422 e. The van der Waals surface area contributed by atoms with Crippen LogP contribution < -0.4 is 4.74 Å². The Morgan fingerprint density at radius 2 is 2.00 bits per heavy atom. The minimum Gasteiger partial charge on any atom is -0.464 e. The van der Waals surface area contributed by atoms with Crippen LogP contribution in [-0.4, -0.2) is 78.9 Å². The van der Waals surface area contributed by atoms with Gasteiger partial charge in [-0.15, -0.1) is 0 Å². The van der Waals surface area contributed by atoms with E-state index in [1.807, 2.05) is 42.3 Å². The molecule has 30 heavy (non-hydrogen) atoms. The number of nitrogens with zero attached hydrogens (tertiary/aromatic N) is 6. The molecule has 1 aromatic heterocycles. The number of ether oxygens (including phenoxy) is 1. The van der Waals surface area contributed by atoms with Gasteiger partial charge in [0.25, 0.3) is 0 Å². The lowest BCUT2D eigenvalue weighted by Crippen LogP contribution is -2.57. The van der Waals surface area contributed by atoms with E-state index < -0.39 is 16.6 Å². The lowest BCUT2D eigenvalue weighted by molar-refractivity contribution is -0.389. The van der Waals surface area contributed by atoms with Crippen LogP contribution in [0.5, 0.6) is 6.01 Å². The highest BCUT2D eigenvalue weighted by Crippen LogP contribution is 2.31. The van der Waals surface area contributed by atoms with Gasteiger partial charge in [0.2, 0.25) is 0 Å². The number of fused-ring (bicyclic) bond motifs is 1. The minimum atomic E-state index is -0.967. The molecule has 0 bridgehead atoms. The molecule has 11 heteroatoms. The molecule has 2 aliphatic heterocycles. The largest absolute Gasteiger partial charge is 0.464 e. The van der Waals surface area contributed by atoms with Crippen LogP contribution in [0.4, 0.5) is 10.6 Å². The van der Waals surface area contributed by atoms with Crippen molar-refractivity contribution in [2.75, 3.05) is 32.7 Å². The van der Waals surface area contributed by atoms with Crippen molar-refractivity contribution in [3.8, 4) is 6.01 Å². The van der Waals surface area contributed by atoms with E-state index in [1.54, 1.807) is 4.57 Å². The number of hydrogen-bond acceptors (Lipinski definition) is 7. The molecular weight excluding hydrogens is 392 g/mol. The predicted molar refractivity (Wildman–Crippen MR) is 106 cm³/mol. The molecule has 1 amide bonds. The molecule has 0 saturated carbocycles. The van der Waals surface area contributed by atoms with Crippen molar-refractivity contribution >= 4 is 11.9 Å². The normalized spacial score (nSPS) is 21.8. The summed E-state index contributed by atoms with van der Waals surface area (Å²) in [6.45, 7) is 5.95. The van der Waals surface area contributed by atoms with Crippen molar-refractivity contribution in [3.05, 3.63) is 52.2 Å². The van der Waals surface area contributed by atoms with Gasteiger partial charge >= 0.3 is 17.9 Å². The number of hydrogen-bond donors (Lipinski definition) is 1. The number of piperazine rings is 1. The second-order valence-corrected chi connectivity index (χ2v) is 7.87. The zero-order valence-corrected chi connectivity index (χ0v) is 16.7. The molecule has 3 heterocycles. The van der Waals surface area contributed by atoms with Gasteiger partial charge in [-0.2, -0.15) is 0 Å². The highest BCUT2D eigenvalue weighted by atomic mass is 16.6. The van der Waals surface area contributed by atoms with Crippen LogP contribution in [0.3, 0.4) is 0 Å². The van der Waals surface area contributed by atoms with E-state index in [1.165, 1.54) is 11.2 Å². The summed E-state index contributed by atoms with van der Waals surface area (Å²) in [4.78, 5) is 28.2. The number of hydrazine groups is 1. The van der Waals surface area contributed by atoms with Crippen LogP contribution in [0.25, 0.3) is 0 Å². The Morgan fingerprint density at radius 1 is 1.30 bits per heavy atom. The topological polar surface area (TPSA) is 117 Å². The van der Waals surface area contributed by atoms with Crippen LogP contribution in [0, 0.1) is 10.1 Å². The monoisotopic (exact) mass is 416 g/mol. The summed E-state index contributed by atoms with van der Waals surface area (Å²) in [5, 5.41) is 23.7. The summed E-state index contributed by atoms with van der Waals surface area (Å²) < 4.78 is 7.57. The maximum Gasteiger partial charge on any atom is 0.422 e. The van der Waals surface area contributed by atoms with Crippen LogP contribution in [0.15, 0.2) is 36.5 Å². The number of amides is 1. The predicted octanol–water partition coefficient (Wildman–Crippen LogP) is 1.66. The van der Waals surface area contributed by atoms with Crippen LogP contribution in [0.2, 0.25) is 0 Å². The molecule has 1 N–H and O–H groups in total. The quantitative estimate of drug-likeness (QED) is 0.558. The number of aromatic nitrogens is 2. The fourth-order valence-electron chi connectivity index (χ4n) is 4.02.